The van der Waals surface area contributed by atoms with Crippen LogP contribution in [0.2, 0.25) is 0 Å². The van der Waals surface area contributed by atoms with Crippen LogP contribution in [0.4, 0.5) is 0 Å². The van der Waals surface area contributed by atoms with Gasteiger partial charge in [0, 0.05) is 5.56 Å². The van der Waals surface area contributed by atoms with Crippen molar-refractivity contribution in [3.8, 4) is 5.75 Å². The van der Waals surface area contributed by atoms with Crippen molar-refractivity contribution in [3.05, 3.63) is 53.5 Å². The molecule has 2 rings (SSSR count). The Bertz CT molecular complexity index is 575. The maximum atomic E-state index is 11.9. The van der Waals surface area contributed by atoms with E-state index in [4.69, 9.17) is 9.15 Å². The highest BCUT2D eigenvalue weighted by atomic mass is 16.5. The van der Waals surface area contributed by atoms with Crippen molar-refractivity contribution in [1.29, 1.82) is 0 Å². The monoisotopic (exact) mass is 258 g/mol. The summed E-state index contributed by atoms with van der Waals surface area (Å²) in [6, 6.07) is 9.06. The molecule has 0 aliphatic rings. The van der Waals surface area contributed by atoms with Crippen molar-refractivity contribution in [2.75, 3.05) is 0 Å². The van der Waals surface area contributed by atoms with Gasteiger partial charge in [-0.2, -0.15) is 0 Å². The Morgan fingerprint density at radius 2 is 1.95 bits per heavy atom. The van der Waals surface area contributed by atoms with Gasteiger partial charge in [-0.15, -0.1) is 0 Å². The zero-order valence-electron chi connectivity index (χ0n) is 11.7. The van der Waals surface area contributed by atoms with Gasteiger partial charge in [-0.05, 0) is 30.5 Å². The molecule has 0 amide bonds. The van der Waals surface area contributed by atoms with E-state index >= 15 is 0 Å². The van der Waals surface area contributed by atoms with E-state index in [1.54, 1.807) is 12.1 Å². The summed E-state index contributed by atoms with van der Waals surface area (Å²) in [4.78, 5) is 11.9. The van der Waals surface area contributed by atoms with E-state index in [0.717, 1.165) is 11.1 Å². The van der Waals surface area contributed by atoms with E-state index in [2.05, 4.69) is 20.8 Å². The Labute approximate surface area is 113 Å². The van der Waals surface area contributed by atoms with Gasteiger partial charge in [-0.1, -0.05) is 38.5 Å². The van der Waals surface area contributed by atoms with E-state index in [0.29, 0.717) is 5.75 Å². The summed E-state index contributed by atoms with van der Waals surface area (Å²) in [5.74, 6) is 0.319. The van der Waals surface area contributed by atoms with Crippen molar-refractivity contribution in [2.24, 2.45) is 0 Å². The molecule has 1 heterocycles. The number of rotatable bonds is 2. The molecular formula is C16H18O3. The second-order valence-electron chi connectivity index (χ2n) is 5.62. The zero-order chi connectivity index (χ0) is 14.0. The van der Waals surface area contributed by atoms with Gasteiger partial charge >= 0.3 is 5.97 Å². The fourth-order valence-corrected chi connectivity index (χ4v) is 1.86. The van der Waals surface area contributed by atoms with Gasteiger partial charge in [0.15, 0.2) is 0 Å². The summed E-state index contributed by atoms with van der Waals surface area (Å²) >= 11 is 0. The fraction of sp³-hybridized carbons (Fsp3) is 0.312. The van der Waals surface area contributed by atoms with E-state index < -0.39 is 5.97 Å². The summed E-state index contributed by atoms with van der Waals surface area (Å²) < 4.78 is 10.5. The van der Waals surface area contributed by atoms with E-state index in [9.17, 15) is 4.79 Å². The molecule has 100 valence electrons. The summed E-state index contributed by atoms with van der Waals surface area (Å²) in [7, 11) is 0. The van der Waals surface area contributed by atoms with Crippen LogP contribution in [0.1, 0.15) is 42.5 Å². The Balaban J connectivity index is 2.33. The van der Waals surface area contributed by atoms with Crippen molar-refractivity contribution in [2.45, 2.75) is 33.1 Å². The SMILES string of the molecule is Cc1ccc(OC(=O)c2ccco2)c(C(C)(C)C)c1. The predicted molar refractivity (Wildman–Crippen MR) is 73.5 cm³/mol. The number of hydrogen-bond acceptors (Lipinski definition) is 3. The first-order valence-electron chi connectivity index (χ1n) is 6.25. The quantitative estimate of drug-likeness (QED) is 0.601. The Morgan fingerprint density at radius 3 is 2.53 bits per heavy atom. The van der Waals surface area contributed by atoms with Crippen LogP contribution >= 0.6 is 0 Å². The summed E-state index contributed by atoms with van der Waals surface area (Å²) in [6.45, 7) is 8.29. The number of esters is 1. The van der Waals surface area contributed by atoms with E-state index in [1.165, 1.54) is 6.26 Å². The molecule has 0 aliphatic carbocycles. The van der Waals surface area contributed by atoms with Crippen LogP contribution in [0.25, 0.3) is 0 Å². The average molecular weight is 258 g/mol. The Hall–Kier alpha value is -2.03. The third-order valence-electron chi connectivity index (χ3n) is 2.87. The smallest absolute Gasteiger partial charge is 0.379 e. The van der Waals surface area contributed by atoms with Crippen LogP contribution in [0.3, 0.4) is 0 Å². The topological polar surface area (TPSA) is 39.4 Å². The molecule has 0 spiro atoms. The van der Waals surface area contributed by atoms with E-state index in [-0.39, 0.29) is 11.2 Å². The minimum Gasteiger partial charge on any atom is -0.457 e. The first-order valence-corrected chi connectivity index (χ1v) is 6.25. The molecule has 1 aromatic heterocycles. The normalized spacial score (nSPS) is 11.4. The molecule has 19 heavy (non-hydrogen) atoms. The first-order chi connectivity index (χ1) is 8.88. The molecule has 0 bridgehead atoms. The van der Waals surface area contributed by atoms with Crippen LogP contribution in [-0.4, -0.2) is 5.97 Å². The lowest BCUT2D eigenvalue weighted by atomic mass is 9.85. The second-order valence-corrected chi connectivity index (χ2v) is 5.62. The summed E-state index contributed by atoms with van der Waals surface area (Å²) in [6.07, 6.45) is 1.45. The van der Waals surface area contributed by atoms with Crippen LogP contribution in [0, 0.1) is 6.92 Å². The highest BCUT2D eigenvalue weighted by molar-refractivity contribution is 5.88. The van der Waals surface area contributed by atoms with Gasteiger partial charge in [0.1, 0.15) is 5.75 Å². The van der Waals surface area contributed by atoms with Gasteiger partial charge in [-0.3, -0.25) is 0 Å². The molecule has 1 aromatic carbocycles. The molecule has 0 N–H and O–H groups in total. The molecule has 2 aromatic rings. The first kappa shape index (κ1) is 13.4. The van der Waals surface area contributed by atoms with Crippen LogP contribution < -0.4 is 4.74 Å². The predicted octanol–water partition coefficient (Wildman–Crippen LogP) is 4.10. The molecule has 0 unspecified atom stereocenters. The standard InChI is InChI=1S/C16H18O3/c1-11-7-8-13(12(10-11)16(2,3)4)19-15(17)14-6-5-9-18-14/h5-10H,1-4H3. The third-order valence-corrected chi connectivity index (χ3v) is 2.87. The highest BCUT2D eigenvalue weighted by Gasteiger charge is 2.21. The molecule has 3 heteroatoms. The number of furan rings is 1. The second kappa shape index (κ2) is 4.92. The Kier molecular flexibility index (Phi) is 3.47. The number of hydrogen-bond donors (Lipinski definition) is 0. The summed E-state index contributed by atoms with van der Waals surface area (Å²) in [5, 5.41) is 0. The van der Waals surface area contributed by atoms with Crippen molar-refractivity contribution in [3.63, 3.8) is 0 Å². The lowest BCUT2D eigenvalue weighted by Gasteiger charge is -2.22. The van der Waals surface area contributed by atoms with E-state index in [1.807, 2.05) is 25.1 Å². The van der Waals surface area contributed by atoms with Gasteiger partial charge < -0.3 is 9.15 Å². The molecular weight excluding hydrogens is 240 g/mol. The Morgan fingerprint density at radius 1 is 1.21 bits per heavy atom. The maximum Gasteiger partial charge on any atom is 0.379 e. The van der Waals surface area contributed by atoms with Crippen LogP contribution in [0.5, 0.6) is 5.75 Å². The van der Waals surface area contributed by atoms with Crippen molar-refractivity contribution < 1.29 is 13.9 Å². The number of aryl methyl sites for hydroxylation is 1. The molecule has 3 nitrogen and oxygen atoms in total. The van der Waals surface area contributed by atoms with Crippen molar-refractivity contribution >= 4 is 5.97 Å². The number of carbonyl (C=O) groups is 1. The van der Waals surface area contributed by atoms with Gasteiger partial charge in [0.05, 0.1) is 6.26 Å². The molecule has 0 fully saturated rings. The molecule has 0 atom stereocenters. The van der Waals surface area contributed by atoms with Gasteiger partial charge in [0.25, 0.3) is 0 Å². The number of carbonyl (C=O) groups excluding carboxylic acids is 1. The van der Waals surface area contributed by atoms with Gasteiger partial charge in [0.2, 0.25) is 5.76 Å². The number of benzene rings is 1. The third kappa shape index (κ3) is 3.05. The highest BCUT2D eigenvalue weighted by Crippen LogP contribution is 2.32. The van der Waals surface area contributed by atoms with Crippen LogP contribution in [-0.2, 0) is 5.41 Å². The minimum atomic E-state index is -0.473. The lowest BCUT2D eigenvalue weighted by Crippen LogP contribution is -2.16. The number of ether oxygens (including phenoxy) is 1. The van der Waals surface area contributed by atoms with Crippen LogP contribution in [0.15, 0.2) is 41.0 Å². The zero-order valence-corrected chi connectivity index (χ0v) is 11.7. The van der Waals surface area contributed by atoms with Gasteiger partial charge in [-0.25, -0.2) is 4.79 Å². The molecule has 0 radical (unpaired) electrons. The molecule has 0 saturated carbocycles. The average Bonchev–Trinajstić information content (AvgIpc) is 2.83. The lowest BCUT2D eigenvalue weighted by molar-refractivity contribution is 0.0698. The minimum absolute atomic E-state index is 0.0925. The largest absolute Gasteiger partial charge is 0.457 e. The molecule has 0 saturated heterocycles. The van der Waals surface area contributed by atoms with Crippen molar-refractivity contribution in [1.82, 2.24) is 0 Å². The summed E-state index contributed by atoms with van der Waals surface area (Å²) in [5.41, 5.74) is 2.06. The fourth-order valence-electron chi connectivity index (χ4n) is 1.86. The molecule has 0 aliphatic heterocycles. The maximum absolute atomic E-state index is 11.9.